The van der Waals surface area contributed by atoms with Crippen LogP contribution < -0.4 is 0 Å². The number of aliphatic hydroxyl groups is 1. The first-order chi connectivity index (χ1) is 3.27. The fourth-order valence-electron chi connectivity index (χ4n) is 0. The van der Waals surface area contributed by atoms with Crippen molar-refractivity contribution in [3.8, 4) is 0 Å². The Bertz CT molecular complexity index is 55.2. The second-order valence-corrected chi connectivity index (χ2v) is 0.552. The van der Waals surface area contributed by atoms with Gasteiger partial charge in [-0.15, -0.1) is 13.2 Å². The van der Waals surface area contributed by atoms with Gasteiger partial charge in [-0.1, -0.05) is 0 Å². The maximum Gasteiger partial charge on any atom is 0.329 e. The molecule has 2 N–H and O–H groups in total. The topological polar surface area (TPSA) is 57.5 Å². The van der Waals surface area contributed by atoms with Crippen molar-refractivity contribution in [2.45, 2.75) is 0 Å². The van der Waals surface area contributed by atoms with E-state index < -0.39 is 12.6 Å². The molecule has 0 aliphatic carbocycles. The van der Waals surface area contributed by atoms with Crippen LogP contribution >= 0.6 is 0 Å². The molecule has 8 heavy (non-hydrogen) atoms. The van der Waals surface area contributed by atoms with Gasteiger partial charge in [0.05, 0.1) is 0 Å². The van der Waals surface area contributed by atoms with E-state index in [0.717, 1.165) is 0 Å². The van der Waals surface area contributed by atoms with Gasteiger partial charge in [0, 0.05) is 16.8 Å². The molecule has 0 aromatic rings. The van der Waals surface area contributed by atoms with E-state index in [0.29, 0.717) is 0 Å². The number of carboxylic acids is 1. The molecule has 0 fully saturated rings. The summed E-state index contributed by atoms with van der Waals surface area (Å²) >= 11 is 0. The Morgan fingerprint density at radius 3 is 1.62 bits per heavy atom. The zero-order chi connectivity index (χ0) is 6.28. The normalized spacial score (nSPS) is 5.12. The van der Waals surface area contributed by atoms with Gasteiger partial charge >= 0.3 is 5.97 Å². The molecular weight excluding hydrogens is 155 g/mol. The summed E-state index contributed by atoms with van der Waals surface area (Å²) in [6.07, 6.45) is 0. The zero-order valence-corrected chi connectivity index (χ0v) is 5.30. The minimum absolute atomic E-state index is 0. The van der Waals surface area contributed by atoms with E-state index in [-0.39, 0.29) is 16.8 Å². The van der Waals surface area contributed by atoms with Gasteiger partial charge in [-0.25, -0.2) is 4.79 Å². The average Bonchev–Trinajstić information content (AvgIpc) is 1.73. The summed E-state index contributed by atoms with van der Waals surface area (Å²) in [4.78, 5) is 9.12. The fraction of sp³-hybridized carbons (Fsp3) is 0.250. The SMILES string of the molecule is C=C.O=C(O)CO.[Co]. The Labute approximate surface area is 58.2 Å². The van der Waals surface area contributed by atoms with Gasteiger partial charge in [0.25, 0.3) is 0 Å². The molecule has 1 radical (unpaired) electrons. The smallest absolute Gasteiger partial charge is 0.329 e. The van der Waals surface area contributed by atoms with E-state index in [1.807, 2.05) is 0 Å². The molecule has 0 aliphatic rings. The number of aliphatic carboxylic acids is 1. The molecule has 0 saturated heterocycles. The second-order valence-electron chi connectivity index (χ2n) is 0.552. The Morgan fingerprint density at radius 2 is 1.62 bits per heavy atom. The first-order valence-corrected chi connectivity index (χ1v) is 1.60. The number of carboxylic acid groups (broad SMARTS) is 1. The van der Waals surface area contributed by atoms with Gasteiger partial charge in [-0.2, -0.15) is 0 Å². The van der Waals surface area contributed by atoms with Crippen molar-refractivity contribution in [1.82, 2.24) is 0 Å². The van der Waals surface area contributed by atoms with Gasteiger partial charge in [0.15, 0.2) is 0 Å². The fourth-order valence-corrected chi connectivity index (χ4v) is 0. The minimum atomic E-state index is -1.19. The summed E-state index contributed by atoms with van der Waals surface area (Å²) < 4.78 is 0. The zero-order valence-electron chi connectivity index (χ0n) is 4.26. The van der Waals surface area contributed by atoms with Crippen LogP contribution in [0.2, 0.25) is 0 Å². The number of hydrogen-bond donors (Lipinski definition) is 2. The molecule has 0 aliphatic heterocycles. The maximum atomic E-state index is 9.12. The van der Waals surface area contributed by atoms with Crippen LogP contribution in [0, 0.1) is 0 Å². The van der Waals surface area contributed by atoms with Gasteiger partial charge in [0.2, 0.25) is 0 Å². The van der Waals surface area contributed by atoms with Crippen molar-refractivity contribution in [1.29, 1.82) is 0 Å². The van der Waals surface area contributed by atoms with E-state index >= 15 is 0 Å². The van der Waals surface area contributed by atoms with Crippen molar-refractivity contribution in [2.24, 2.45) is 0 Å². The van der Waals surface area contributed by atoms with Crippen molar-refractivity contribution in [3.63, 3.8) is 0 Å². The molecule has 51 valence electrons. The molecular formula is C4H8CoO3. The van der Waals surface area contributed by atoms with Gasteiger partial charge in [-0.3, -0.25) is 0 Å². The van der Waals surface area contributed by atoms with Crippen LogP contribution in [0.15, 0.2) is 13.2 Å². The Balaban J connectivity index is -0.0000000750. The monoisotopic (exact) mass is 163 g/mol. The molecule has 0 atom stereocenters. The third-order valence-electron chi connectivity index (χ3n) is 0.135. The maximum absolute atomic E-state index is 9.12. The van der Waals surface area contributed by atoms with Crippen LogP contribution in [-0.2, 0) is 21.6 Å². The minimum Gasteiger partial charge on any atom is -0.480 e. The molecule has 0 unspecified atom stereocenters. The predicted molar refractivity (Wildman–Crippen MR) is 26.0 cm³/mol. The molecule has 3 nitrogen and oxygen atoms in total. The van der Waals surface area contributed by atoms with E-state index in [9.17, 15) is 0 Å². The molecule has 0 saturated carbocycles. The Hall–Kier alpha value is -0.324. The van der Waals surface area contributed by atoms with E-state index in [1.54, 1.807) is 0 Å². The van der Waals surface area contributed by atoms with Crippen molar-refractivity contribution in [2.75, 3.05) is 6.61 Å². The van der Waals surface area contributed by atoms with Crippen LogP contribution in [0.25, 0.3) is 0 Å². The van der Waals surface area contributed by atoms with Crippen molar-refractivity contribution >= 4 is 5.97 Å². The molecule has 0 amide bonds. The van der Waals surface area contributed by atoms with Gasteiger partial charge in [-0.05, 0) is 0 Å². The summed E-state index contributed by atoms with van der Waals surface area (Å²) in [5, 5.41) is 15.0. The molecule has 0 rings (SSSR count). The molecule has 0 heterocycles. The largest absolute Gasteiger partial charge is 0.480 e. The van der Waals surface area contributed by atoms with Crippen molar-refractivity contribution < 1.29 is 31.8 Å². The summed E-state index contributed by atoms with van der Waals surface area (Å²) in [5.41, 5.74) is 0. The van der Waals surface area contributed by atoms with E-state index in [4.69, 9.17) is 15.0 Å². The van der Waals surface area contributed by atoms with E-state index in [1.165, 1.54) is 0 Å². The Morgan fingerprint density at radius 1 is 1.50 bits per heavy atom. The molecule has 0 aromatic heterocycles. The predicted octanol–water partition coefficient (Wildman–Crippen LogP) is -0.137. The van der Waals surface area contributed by atoms with Gasteiger partial charge in [0.1, 0.15) is 6.61 Å². The second kappa shape index (κ2) is 15.9. The quantitative estimate of drug-likeness (QED) is 0.529. The Kier molecular flexibility index (Phi) is 31.1. The number of rotatable bonds is 1. The van der Waals surface area contributed by atoms with Crippen LogP contribution in [-0.4, -0.2) is 22.8 Å². The van der Waals surface area contributed by atoms with Crippen molar-refractivity contribution in [3.05, 3.63) is 13.2 Å². The first kappa shape index (κ1) is 15.6. The molecule has 0 aromatic carbocycles. The van der Waals surface area contributed by atoms with Crippen LogP contribution in [0.1, 0.15) is 0 Å². The number of carbonyl (C=O) groups is 1. The van der Waals surface area contributed by atoms with Gasteiger partial charge < -0.3 is 10.2 Å². The third-order valence-corrected chi connectivity index (χ3v) is 0.135. The molecule has 0 spiro atoms. The summed E-state index contributed by atoms with van der Waals surface area (Å²) in [6.45, 7) is 5.22. The standard InChI is InChI=1S/C2H4O3.C2H4.Co/c3-1-2(4)5;1-2;/h3H,1H2,(H,4,5);1-2H2;. The molecule has 0 bridgehead atoms. The average molecular weight is 163 g/mol. The summed E-state index contributed by atoms with van der Waals surface area (Å²) in [7, 11) is 0. The number of aliphatic hydroxyl groups excluding tert-OH is 1. The summed E-state index contributed by atoms with van der Waals surface area (Å²) in [6, 6.07) is 0. The molecule has 4 heteroatoms. The first-order valence-electron chi connectivity index (χ1n) is 1.60. The van der Waals surface area contributed by atoms with Crippen LogP contribution in [0.3, 0.4) is 0 Å². The van der Waals surface area contributed by atoms with E-state index in [2.05, 4.69) is 13.2 Å². The number of hydrogen-bond acceptors (Lipinski definition) is 2. The van der Waals surface area contributed by atoms with Crippen LogP contribution in [0.5, 0.6) is 0 Å². The summed E-state index contributed by atoms with van der Waals surface area (Å²) in [5.74, 6) is -1.19. The third kappa shape index (κ3) is 44.2. The van der Waals surface area contributed by atoms with Crippen LogP contribution in [0.4, 0.5) is 0 Å².